The molecule has 1 aliphatic rings. The number of anilines is 2. The van der Waals surface area contributed by atoms with Crippen molar-refractivity contribution in [2.24, 2.45) is 0 Å². The van der Waals surface area contributed by atoms with Crippen molar-refractivity contribution >= 4 is 28.3 Å². The minimum Gasteiger partial charge on any atom is -0.498 e. The highest BCUT2D eigenvalue weighted by Gasteiger charge is 2.22. The third-order valence-corrected chi connectivity index (χ3v) is 7.43. The van der Waals surface area contributed by atoms with Crippen LogP contribution >= 0.6 is 0 Å². The zero-order chi connectivity index (χ0) is 30.7. The fourth-order valence-corrected chi connectivity index (χ4v) is 5.04. The highest BCUT2D eigenvalue weighted by molar-refractivity contribution is 6.09. The zero-order valence-corrected chi connectivity index (χ0v) is 25.2. The molecule has 0 spiro atoms. The summed E-state index contributed by atoms with van der Waals surface area (Å²) in [6, 6.07) is 21.2. The Morgan fingerprint density at radius 2 is 1.82 bits per heavy atom. The second kappa shape index (κ2) is 12.1. The van der Waals surface area contributed by atoms with E-state index in [9.17, 15) is 4.79 Å². The van der Waals surface area contributed by atoms with Gasteiger partial charge in [0.1, 0.15) is 12.4 Å². The summed E-state index contributed by atoms with van der Waals surface area (Å²) in [5.74, 6) is 1.02. The summed E-state index contributed by atoms with van der Waals surface area (Å²) in [5.41, 5.74) is 5.03. The smallest absolute Gasteiger partial charge is 0.324 e. The molecule has 0 saturated carbocycles. The van der Waals surface area contributed by atoms with Crippen LogP contribution in [0.5, 0.6) is 5.88 Å². The van der Waals surface area contributed by atoms with Crippen LogP contribution in [0.1, 0.15) is 32.2 Å². The summed E-state index contributed by atoms with van der Waals surface area (Å²) < 4.78 is 12.2. The Morgan fingerprint density at radius 1 is 0.977 bits per heavy atom. The van der Waals surface area contributed by atoms with Gasteiger partial charge in [-0.3, -0.25) is 10.3 Å². The summed E-state index contributed by atoms with van der Waals surface area (Å²) >= 11 is 0. The summed E-state index contributed by atoms with van der Waals surface area (Å²) in [6.07, 6.45) is 7.23. The quantitative estimate of drug-likeness (QED) is 0.217. The van der Waals surface area contributed by atoms with Crippen LogP contribution in [-0.4, -0.2) is 50.9 Å². The van der Waals surface area contributed by atoms with Crippen LogP contribution in [0.25, 0.3) is 27.6 Å². The molecule has 2 N–H and O–H groups in total. The Hall–Kier alpha value is -5.38. The molecule has 2 aromatic carbocycles. The summed E-state index contributed by atoms with van der Waals surface area (Å²) in [4.78, 5) is 24.6. The molecule has 1 aliphatic heterocycles. The van der Waals surface area contributed by atoms with Crippen molar-refractivity contribution in [1.82, 2.24) is 24.6 Å². The Bertz CT molecular complexity index is 1810. The Morgan fingerprint density at radius 3 is 2.50 bits per heavy atom. The second-order valence-corrected chi connectivity index (χ2v) is 11.6. The first-order valence-corrected chi connectivity index (χ1v) is 14.5. The first kappa shape index (κ1) is 28.7. The van der Waals surface area contributed by atoms with Crippen LogP contribution in [0.3, 0.4) is 0 Å². The average Bonchev–Trinajstić information content (AvgIpc) is 3.46. The Balaban J connectivity index is 1.24. The van der Waals surface area contributed by atoms with Crippen molar-refractivity contribution in [2.45, 2.75) is 32.7 Å². The number of fused-ring (bicyclic) bond motifs is 1. The van der Waals surface area contributed by atoms with Gasteiger partial charge in [-0.2, -0.15) is 5.10 Å². The van der Waals surface area contributed by atoms with Crippen LogP contribution in [0.15, 0.2) is 91.6 Å². The molecule has 0 aliphatic carbocycles. The van der Waals surface area contributed by atoms with E-state index in [4.69, 9.17) is 19.6 Å². The number of urea groups is 1. The first-order chi connectivity index (χ1) is 21.3. The standard InChI is InChI=1S/C34H35N7O3/c1-34(2,3)30-19-31(41(39-30)25-11-14-32(43-4)36-21-25)38-33(42)37-29-13-12-26(27-7-5-6-8-28(27)29)23-9-10-24(35-20-23)22-40-15-17-44-18-16-40/h5-15,17,19-21H,16,18,22H2,1-4H3,(H2,37,38,42). The zero-order valence-electron chi connectivity index (χ0n) is 25.2. The van der Waals surface area contributed by atoms with E-state index >= 15 is 0 Å². The van der Waals surface area contributed by atoms with Crippen molar-refractivity contribution in [1.29, 1.82) is 0 Å². The number of amides is 2. The molecular formula is C34H35N7O3. The molecule has 0 unspecified atom stereocenters. The highest BCUT2D eigenvalue weighted by atomic mass is 16.5. The predicted octanol–water partition coefficient (Wildman–Crippen LogP) is 6.74. The van der Waals surface area contributed by atoms with E-state index < -0.39 is 0 Å². The number of aromatic nitrogens is 4. The van der Waals surface area contributed by atoms with E-state index in [1.807, 2.05) is 54.9 Å². The number of rotatable bonds is 7. The van der Waals surface area contributed by atoms with Crippen molar-refractivity contribution in [2.75, 3.05) is 30.9 Å². The lowest BCUT2D eigenvalue weighted by Gasteiger charge is -2.23. The Labute approximate surface area is 256 Å². The summed E-state index contributed by atoms with van der Waals surface area (Å²) in [7, 11) is 1.57. The first-order valence-electron chi connectivity index (χ1n) is 14.5. The van der Waals surface area contributed by atoms with E-state index in [0.29, 0.717) is 29.7 Å². The molecule has 0 atom stereocenters. The van der Waals surface area contributed by atoms with E-state index in [2.05, 4.69) is 59.5 Å². The topological polar surface area (TPSA) is 106 Å². The number of benzene rings is 2. The number of methoxy groups -OCH3 is 1. The summed E-state index contributed by atoms with van der Waals surface area (Å²) in [5, 5.41) is 12.8. The van der Waals surface area contributed by atoms with Crippen LogP contribution in [-0.2, 0) is 16.7 Å². The van der Waals surface area contributed by atoms with E-state index in [0.717, 1.165) is 46.4 Å². The molecule has 0 radical (unpaired) electrons. The molecule has 10 nitrogen and oxygen atoms in total. The second-order valence-electron chi connectivity index (χ2n) is 11.6. The highest BCUT2D eigenvalue weighted by Crippen LogP contribution is 2.34. The van der Waals surface area contributed by atoms with Gasteiger partial charge in [0.2, 0.25) is 5.88 Å². The predicted molar refractivity (Wildman–Crippen MR) is 172 cm³/mol. The molecule has 5 aromatic rings. The monoisotopic (exact) mass is 589 g/mol. The van der Waals surface area contributed by atoms with Crippen molar-refractivity contribution in [3.05, 3.63) is 103 Å². The molecule has 224 valence electrons. The van der Waals surface area contributed by atoms with Gasteiger partial charge in [-0.05, 0) is 29.1 Å². The largest absolute Gasteiger partial charge is 0.498 e. The number of nitrogens with one attached hydrogen (secondary N) is 2. The lowest BCUT2D eigenvalue weighted by atomic mass is 9.92. The van der Waals surface area contributed by atoms with Gasteiger partial charge in [-0.15, -0.1) is 0 Å². The third kappa shape index (κ3) is 6.19. The molecule has 4 heterocycles. The van der Waals surface area contributed by atoms with Crippen molar-refractivity contribution in [3.8, 4) is 22.7 Å². The maximum absolute atomic E-state index is 13.4. The molecular weight excluding hydrogens is 554 g/mol. The molecule has 10 heteroatoms. The number of hydrogen-bond acceptors (Lipinski definition) is 7. The minimum atomic E-state index is -0.380. The molecule has 0 bridgehead atoms. The van der Waals surface area contributed by atoms with Crippen LogP contribution in [0.4, 0.5) is 16.3 Å². The van der Waals surface area contributed by atoms with Crippen molar-refractivity contribution in [3.63, 3.8) is 0 Å². The normalized spacial score (nSPS) is 13.0. The third-order valence-electron chi connectivity index (χ3n) is 7.43. The van der Waals surface area contributed by atoms with Gasteiger partial charge >= 0.3 is 6.03 Å². The van der Waals surface area contributed by atoms with Gasteiger partial charge in [0.15, 0.2) is 0 Å². The van der Waals surface area contributed by atoms with Gasteiger partial charge in [0, 0.05) is 40.9 Å². The number of nitrogens with zero attached hydrogens (tertiary/aromatic N) is 5. The van der Waals surface area contributed by atoms with E-state index in [-0.39, 0.29) is 11.4 Å². The lowest BCUT2D eigenvalue weighted by molar-refractivity contribution is 0.169. The molecule has 3 aromatic heterocycles. The SMILES string of the molecule is COc1ccc(-n2nc(C(C)(C)C)cc2NC(=O)Nc2ccc(-c3ccc(CN4C=COCC4)nc3)c3ccccc23)cn1. The summed E-state index contributed by atoms with van der Waals surface area (Å²) in [6.45, 7) is 8.48. The molecule has 0 saturated heterocycles. The number of carbonyl (C=O) groups excluding carboxylic acids is 1. The molecule has 2 amide bonds. The number of pyridine rings is 2. The number of ether oxygens (including phenoxy) is 2. The minimum absolute atomic E-state index is 0.225. The maximum Gasteiger partial charge on any atom is 0.324 e. The number of carbonyl (C=O) groups is 1. The van der Waals surface area contributed by atoms with Crippen molar-refractivity contribution < 1.29 is 14.3 Å². The van der Waals surface area contributed by atoms with Gasteiger partial charge in [0.25, 0.3) is 0 Å². The van der Waals surface area contributed by atoms with E-state index in [1.165, 1.54) is 0 Å². The molecule has 44 heavy (non-hydrogen) atoms. The van der Waals surface area contributed by atoms with Crippen LogP contribution in [0, 0.1) is 0 Å². The molecule has 6 rings (SSSR count). The van der Waals surface area contributed by atoms with Gasteiger partial charge in [-0.25, -0.2) is 14.5 Å². The molecule has 0 fully saturated rings. The van der Waals surface area contributed by atoms with Gasteiger partial charge in [-0.1, -0.05) is 57.2 Å². The number of hydrogen-bond donors (Lipinski definition) is 2. The lowest BCUT2D eigenvalue weighted by Crippen LogP contribution is -2.24. The fourth-order valence-electron chi connectivity index (χ4n) is 5.04. The maximum atomic E-state index is 13.4. The van der Waals surface area contributed by atoms with Gasteiger partial charge in [0.05, 0.1) is 55.4 Å². The van der Waals surface area contributed by atoms with E-state index in [1.54, 1.807) is 30.3 Å². The van der Waals surface area contributed by atoms with Crippen LogP contribution < -0.4 is 15.4 Å². The fraction of sp³-hybridized carbons (Fsp3) is 0.235. The average molecular weight is 590 g/mol. The van der Waals surface area contributed by atoms with Crippen LogP contribution in [0.2, 0.25) is 0 Å². The van der Waals surface area contributed by atoms with Gasteiger partial charge < -0.3 is 19.7 Å². The Kier molecular flexibility index (Phi) is 7.89.